The number of fused-ring (bicyclic) bond motifs is 1. The molecule has 6 nitrogen and oxygen atoms in total. The van der Waals surface area contributed by atoms with Crippen LogP contribution in [0.25, 0.3) is 0 Å². The Morgan fingerprint density at radius 1 is 1.38 bits per heavy atom. The SMILES string of the molecule is CC(C)(C)c1ncc2c(n1)CN(C(=O)[C@H]1CCC(=O)N1)C2. The molecule has 2 amide bonds. The van der Waals surface area contributed by atoms with Crippen LogP contribution in [0.2, 0.25) is 0 Å². The fourth-order valence-electron chi connectivity index (χ4n) is 2.69. The maximum atomic E-state index is 12.4. The molecule has 2 aliphatic heterocycles. The van der Waals surface area contributed by atoms with Crippen LogP contribution in [0.1, 0.15) is 50.7 Å². The summed E-state index contributed by atoms with van der Waals surface area (Å²) in [4.78, 5) is 34.4. The Hall–Kier alpha value is -1.98. The molecule has 6 heteroatoms. The number of rotatable bonds is 1. The molecule has 0 unspecified atom stereocenters. The van der Waals surface area contributed by atoms with E-state index in [2.05, 4.69) is 36.1 Å². The van der Waals surface area contributed by atoms with Crippen LogP contribution < -0.4 is 5.32 Å². The van der Waals surface area contributed by atoms with Crippen molar-refractivity contribution >= 4 is 11.8 Å². The highest BCUT2D eigenvalue weighted by atomic mass is 16.2. The summed E-state index contributed by atoms with van der Waals surface area (Å²) in [5.41, 5.74) is 1.82. The molecule has 1 N–H and O–H groups in total. The minimum Gasteiger partial charge on any atom is -0.344 e. The quantitative estimate of drug-likeness (QED) is 0.833. The van der Waals surface area contributed by atoms with Gasteiger partial charge in [0.15, 0.2) is 0 Å². The molecule has 3 heterocycles. The third-order valence-electron chi connectivity index (χ3n) is 3.93. The number of hydrogen-bond acceptors (Lipinski definition) is 4. The van der Waals surface area contributed by atoms with Crippen molar-refractivity contribution in [2.24, 2.45) is 0 Å². The van der Waals surface area contributed by atoms with Crippen molar-refractivity contribution in [1.29, 1.82) is 0 Å². The van der Waals surface area contributed by atoms with Crippen molar-refractivity contribution < 1.29 is 9.59 Å². The molecule has 0 aliphatic carbocycles. The van der Waals surface area contributed by atoms with Crippen molar-refractivity contribution in [3.05, 3.63) is 23.3 Å². The monoisotopic (exact) mass is 288 g/mol. The normalized spacial score (nSPS) is 21.4. The van der Waals surface area contributed by atoms with Gasteiger partial charge in [-0.2, -0.15) is 0 Å². The Labute approximate surface area is 124 Å². The van der Waals surface area contributed by atoms with Gasteiger partial charge in [0.05, 0.1) is 12.2 Å². The molecule has 1 atom stereocenters. The van der Waals surface area contributed by atoms with E-state index in [4.69, 9.17) is 0 Å². The van der Waals surface area contributed by atoms with Gasteiger partial charge in [0.1, 0.15) is 11.9 Å². The highest BCUT2D eigenvalue weighted by molar-refractivity contribution is 5.91. The fourth-order valence-corrected chi connectivity index (χ4v) is 2.69. The Bertz CT molecular complexity index is 606. The second kappa shape index (κ2) is 4.79. The standard InChI is InChI=1S/C15H20N4O2/c1-15(2,3)14-16-6-9-7-19(8-11(9)18-14)13(21)10-4-5-12(20)17-10/h6,10H,4-5,7-8H2,1-3H3,(H,17,20)/t10-/m1/s1. The van der Waals surface area contributed by atoms with Gasteiger partial charge in [0.25, 0.3) is 0 Å². The lowest BCUT2D eigenvalue weighted by Gasteiger charge is -2.19. The largest absolute Gasteiger partial charge is 0.344 e. The summed E-state index contributed by atoms with van der Waals surface area (Å²) in [6.07, 6.45) is 2.85. The van der Waals surface area contributed by atoms with Crippen LogP contribution in [0.3, 0.4) is 0 Å². The Kier molecular flexibility index (Phi) is 3.19. The minimum absolute atomic E-state index is 0.0174. The summed E-state index contributed by atoms with van der Waals surface area (Å²) in [5.74, 6) is 0.737. The summed E-state index contributed by atoms with van der Waals surface area (Å²) in [5, 5.41) is 2.73. The molecule has 2 aliphatic rings. The van der Waals surface area contributed by atoms with E-state index < -0.39 is 0 Å². The summed E-state index contributed by atoms with van der Waals surface area (Å²) >= 11 is 0. The lowest BCUT2D eigenvalue weighted by Crippen LogP contribution is -2.42. The van der Waals surface area contributed by atoms with Crippen LogP contribution in [0.15, 0.2) is 6.20 Å². The lowest BCUT2D eigenvalue weighted by molar-refractivity contribution is -0.134. The van der Waals surface area contributed by atoms with E-state index in [-0.39, 0.29) is 23.3 Å². The molecule has 1 aromatic heterocycles. The Morgan fingerprint density at radius 2 is 2.14 bits per heavy atom. The first-order chi connectivity index (χ1) is 9.84. The highest BCUT2D eigenvalue weighted by Crippen LogP contribution is 2.25. The maximum absolute atomic E-state index is 12.4. The number of carbonyl (C=O) groups is 2. The first-order valence-electron chi connectivity index (χ1n) is 7.28. The molecule has 1 aromatic rings. The predicted octanol–water partition coefficient (Wildman–Crippen LogP) is 0.895. The number of hydrogen-bond donors (Lipinski definition) is 1. The summed E-state index contributed by atoms with van der Waals surface area (Å²) in [6, 6.07) is -0.373. The van der Waals surface area contributed by atoms with Crippen LogP contribution in [-0.2, 0) is 28.1 Å². The zero-order valence-corrected chi connectivity index (χ0v) is 12.6. The van der Waals surface area contributed by atoms with Gasteiger partial charge in [-0.1, -0.05) is 20.8 Å². The molecule has 0 bridgehead atoms. The van der Waals surface area contributed by atoms with Gasteiger partial charge in [-0.05, 0) is 6.42 Å². The van der Waals surface area contributed by atoms with Crippen molar-refractivity contribution in [2.45, 2.75) is 58.2 Å². The summed E-state index contributed by atoms with van der Waals surface area (Å²) in [6.45, 7) is 7.25. The minimum atomic E-state index is -0.373. The average Bonchev–Trinajstić information content (AvgIpc) is 3.01. The van der Waals surface area contributed by atoms with E-state index >= 15 is 0 Å². The fraction of sp³-hybridized carbons (Fsp3) is 0.600. The van der Waals surface area contributed by atoms with Gasteiger partial charge in [-0.3, -0.25) is 9.59 Å². The van der Waals surface area contributed by atoms with E-state index in [1.54, 1.807) is 4.90 Å². The Balaban J connectivity index is 1.75. The third-order valence-corrected chi connectivity index (χ3v) is 3.93. The van der Waals surface area contributed by atoms with E-state index in [0.717, 1.165) is 17.1 Å². The van der Waals surface area contributed by atoms with Gasteiger partial charge < -0.3 is 10.2 Å². The van der Waals surface area contributed by atoms with Gasteiger partial charge >= 0.3 is 0 Å². The zero-order valence-electron chi connectivity index (χ0n) is 12.6. The average molecular weight is 288 g/mol. The Morgan fingerprint density at radius 3 is 2.76 bits per heavy atom. The van der Waals surface area contributed by atoms with Gasteiger partial charge in [0, 0.05) is 30.1 Å². The lowest BCUT2D eigenvalue weighted by atomic mass is 9.95. The number of amides is 2. The first kappa shape index (κ1) is 14.0. The van der Waals surface area contributed by atoms with Crippen molar-refractivity contribution in [3.8, 4) is 0 Å². The molecular formula is C15H20N4O2. The van der Waals surface area contributed by atoms with Crippen LogP contribution in [-0.4, -0.2) is 32.7 Å². The molecule has 1 fully saturated rings. The van der Waals surface area contributed by atoms with Crippen LogP contribution >= 0.6 is 0 Å². The second-order valence-electron chi connectivity index (χ2n) is 6.77. The molecule has 3 rings (SSSR count). The third kappa shape index (κ3) is 2.62. The van der Waals surface area contributed by atoms with E-state index in [1.807, 2.05) is 6.20 Å². The van der Waals surface area contributed by atoms with Crippen LogP contribution in [0.5, 0.6) is 0 Å². The van der Waals surface area contributed by atoms with Crippen molar-refractivity contribution in [2.75, 3.05) is 0 Å². The molecule has 21 heavy (non-hydrogen) atoms. The molecule has 0 spiro atoms. The van der Waals surface area contributed by atoms with Gasteiger partial charge in [0.2, 0.25) is 11.8 Å². The first-order valence-corrected chi connectivity index (χ1v) is 7.28. The van der Waals surface area contributed by atoms with Crippen molar-refractivity contribution in [3.63, 3.8) is 0 Å². The number of nitrogens with zero attached hydrogens (tertiary/aromatic N) is 3. The highest BCUT2D eigenvalue weighted by Gasteiger charge is 2.34. The molecule has 0 aromatic carbocycles. The predicted molar refractivity (Wildman–Crippen MR) is 76.2 cm³/mol. The van der Waals surface area contributed by atoms with E-state index in [0.29, 0.717) is 25.9 Å². The van der Waals surface area contributed by atoms with Crippen molar-refractivity contribution in [1.82, 2.24) is 20.2 Å². The molecule has 0 saturated carbocycles. The van der Waals surface area contributed by atoms with Gasteiger partial charge in [-0.15, -0.1) is 0 Å². The number of nitrogens with one attached hydrogen (secondary N) is 1. The molecule has 112 valence electrons. The second-order valence-corrected chi connectivity index (χ2v) is 6.77. The maximum Gasteiger partial charge on any atom is 0.245 e. The summed E-state index contributed by atoms with van der Waals surface area (Å²) in [7, 11) is 0. The number of carbonyl (C=O) groups excluding carboxylic acids is 2. The van der Waals surface area contributed by atoms with Crippen LogP contribution in [0.4, 0.5) is 0 Å². The molecule has 1 saturated heterocycles. The van der Waals surface area contributed by atoms with E-state index in [9.17, 15) is 9.59 Å². The van der Waals surface area contributed by atoms with E-state index in [1.165, 1.54) is 0 Å². The number of aromatic nitrogens is 2. The molecule has 0 radical (unpaired) electrons. The summed E-state index contributed by atoms with van der Waals surface area (Å²) < 4.78 is 0. The van der Waals surface area contributed by atoms with Gasteiger partial charge in [-0.25, -0.2) is 9.97 Å². The van der Waals surface area contributed by atoms with Crippen LogP contribution in [0, 0.1) is 0 Å². The molecular weight excluding hydrogens is 268 g/mol. The topological polar surface area (TPSA) is 75.2 Å². The smallest absolute Gasteiger partial charge is 0.245 e. The zero-order chi connectivity index (χ0) is 15.2.